The molecule has 1 amide bonds. The van der Waals surface area contributed by atoms with E-state index in [0.29, 0.717) is 24.4 Å². The van der Waals surface area contributed by atoms with Crippen molar-refractivity contribution in [1.82, 2.24) is 4.31 Å². The minimum absolute atomic E-state index is 0.00420. The number of alkyl halides is 3. The van der Waals surface area contributed by atoms with Gasteiger partial charge in [0, 0.05) is 18.7 Å². The molecule has 0 atom stereocenters. The van der Waals surface area contributed by atoms with Gasteiger partial charge in [-0.2, -0.15) is 17.5 Å². The van der Waals surface area contributed by atoms with Gasteiger partial charge >= 0.3 is 6.18 Å². The molecule has 0 saturated carbocycles. The zero-order chi connectivity index (χ0) is 20.9. The van der Waals surface area contributed by atoms with Crippen LogP contribution in [0.3, 0.4) is 0 Å². The topological polar surface area (TPSA) is 76.2 Å². The van der Waals surface area contributed by atoms with Crippen LogP contribution in [0.4, 0.5) is 18.9 Å². The summed E-state index contributed by atoms with van der Waals surface area (Å²) in [7, 11) is -3.84. The first-order chi connectivity index (χ1) is 13.7. The maximum atomic E-state index is 13.1. The quantitative estimate of drug-likeness (QED) is 0.730. The molecule has 160 valence electrons. The standard InChI is InChI=1S/C18H21F3N2O5S/c19-17(20,21)12-23-15-6-5-13(29(25,26)22-7-2-1-3-8-22)11-14(15)18(16(23)24)27-9-4-10-28-18/h5-6,11H,1-4,7-10,12H2. The molecule has 1 spiro atoms. The van der Waals surface area contributed by atoms with Crippen molar-refractivity contribution in [2.45, 2.75) is 42.5 Å². The summed E-state index contributed by atoms with van der Waals surface area (Å²) in [6.45, 7) is -0.499. The summed E-state index contributed by atoms with van der Waals surface area (Å²) < 4.78 is 77.6. The molecule has 0 aromatic heterocycles. The summed E-state index contributed by atoms with van der Waals surface area (Å²) in [6.07, 6.45) is -1.71. The van der Waals surface area contributed by atoms with Gasteiger partial charge in [-0.1, -0.05) is 6.42 Å². The van der Waals surface area contributed by atoms with Gasteiger partial charge in [0.05, 0.1) is 23.8 Å². The van der Waals surface area contributed by atoms with Crippen LogP contribution >= 0.6 is 0 Å². The van der Waals surface area contributed by atoms with Gasteiger partial charge in [-0.15, -0.1) is 0 Å². The fourth-order valence-corrected chi connectivity index (χ4v) is 5.52. The van der Waals surface area contributed by atoms with Crippen LogP contribution in [0.2, 0.25) is 0 Å². The Balaban J connectivity index is 1.79. The average Bonchev–Trinajstić information content (AvgIpc) is 2.90. The van der Waals surface area contributed by atoms with Crippen molar-refractivity contribution in [3.63, 3.8) is 0 Å². The van der Waals surface area contributed by atoms with Gasteiger partial charge in [-0.05, 0) is 37.5 Å². The molecule has 0 bridgehead atoms. The van der Waals surface area contributed by atoms with Gasteiger partial charge in [-0.3, -0.25) is 9.69 Å². The van der Waals surface area contributed by atoms with E-state index in [1.807, 2.05) is 0 Å². The van der Waals surface area contributed by atoms with Crippen molar-refractivity contribution in [3.05, 3.63) is 23.8 Å². The van der Waals surface area contributed by atoms with Gasteiger partial charge in [0.25, 0.3) is 11.7 Å². The number of nitrogens with zero attached hydrogens (tertiary/aromatic N) is 2. The smallest absolute Gasteiger partial charge is 0.338 e. The lowest BCUT2D eigenvalue weighted by atomic mass is 10.1. The summed E-state index contributed by atoms with van der Waals surface area (Å²) in [5.41, 5.74) is -0.0450. The maximum Gasteiger partial charge on any atom is 0.406 e. The summed E-state index contributed by atoms with van der Waals surface area (Å²) in [5.74, 6) is -3.02. The van der Waals surface area contributed by atoms with Crippen LogP contribution in [-0.4, -0.2) is 57.7 Å². The van der Waals surface area contributed by atoms with E-state index in [-0.39, 0.29) is 29.4 Å². The SMILES string of the molecule is O=C1N(CC(F)(F)F)c2ccc(S(=O)(=O)N3CCCCC3)cc2C12OCCCO2. The summed E-state index contributed by atoms with van der Waals surface area (Å²) in [6, 6.07) is 3.69. The average molecular weight is 434 g/mol. The highest BCUT2D eigenvalue weighted by Gasteiger charge is 2.57. The molecule has 3 aliphatic rings. The van der Waals surface area contributed by atoms with E-state index >= 15 is 0 Å². The molecular weight excluding hydrogens is 413 g/mol. The van der Waals surface area contributed by atoms with Crippen molar-refractivity contribution in [3.8, 4) is 0 Å². The van der Waals surface area contributed by atoms with Gasteiger partial charge in [0.1, 0.15) is 6.54 Å². The van der Waals surface area contributed by atoms with Crippen molar-refractivity contribution >= 4 is 21.6 Å². The number of fused-ring (bicyclic) bond motifs is 2. The number of carbonyl (C=O) groups is 1. The molecular formula is C18H21F3N2O5S. The van der Waals surface area contributed by atoms with Crippen molar-refractivity contribution < 1.29 is 35.9 Å². The first kappa shape index (κ1) is 20.6. The first-order valence-electron chi connectivity index (χ1n) is 9.46. The highest BCUT2D eigenvalue weighted by molar-refractivity contribution is 7.89. The van der Waals surface area contributed by atoms with E-state index in [9.17, 15) is 26.4 Å². The lowest BCUT2D eigenvalue weighted by Crippen LogP contribution is -2.49. The zero-order valence-electron chi connectivity index (χ0n) is 15.6. The Kier molecular flexibility index (Phi) is 5.12. The van der Waals surface area contributed by atoms with Crippen LogP contribution in [0.1, 0.15) is 31.2 Å². The second kappa shape index (κ2) is 7.22. The molecule has 2 saturated heterocycles. The summed E-state index contributed by atoms with van der Waals surface area (Å²) in [5, 5.41) is 0. The van der Waals surface area contributed by atoms with E-state index in [1.54, 1.807) is 0 Å². The molecule has 0 aliphatic carbocycles. The van der Waals surface area contributed by atoms with Crippen LogP contribution in [0.15, 0.2) is 23.1 Å². The predicted molar refractivity (Wildman–Crippen MR) is 95.7 cm³/mol. The van der Waals surface area contributed by atoms with Crippen LogP contribution in [0.25, 0.3) is 0 Å². The van der Waals surface area contributed by atoms with Gasteiger partial charge in [0.15, 0.2) is 0 Å². The fraction of sp³-hybridized carbons (Fsp3) is 0.611. The number of sulfonamides is 1. The van der Waals surface area contributed by atoms with Crippen LogP contribution in [0, 0.1) is 0 Å². The Hall–Kier alpha value is -1.69. The first-order valence-corrected chi connectivity index (χ1v) is 10.9. The van der Waals surface area contributed by atoms with Gasteiger partial charge in [-0.25, -0.2) is 8.42 Å². The van der Waals surface area contributed by atoms with Crippen molar-refractivity contribution in [1.29, 1.82) is 0 Å². The lowest BCUT2D eigenvalue weighted by Gasteiger charge is -2.33. The minimum atomic E-state index is -4.63. The third-order valence-corrected chi connectivity index (χ3v) is 7.22. The van der Waals surface area contributed by atoms with E-state index < -0.39 is 34.4 Å². The molecule has 0 unspecified atom stereocenters. The number of rotatable bonds is 3. The fourth-order valence-electron chi connectivity index (χ4n) is 3.98. The molecule has 3 heterocycles. The van der Waals surface area contributed by atoms with Crippen LogP contribution in [0.5, 0.6) is 0 Å². The molecule has 4 rings (SSSR count). The predicted octanol–water partition coefficient (Wildman–Crippen LogP) is 2.36. The minimum Gasteiger partial charge on any atom is -0.338 e. The molecule has 0 radical (unpaired) electrons. The normalized spacial score (nSPS) is 22.9. The molecule has 7 nitrogen and oxygen atoms in total. The highest BCUT2D eigenvalue weighted by Crippen LogP contribution is 2.47. The lowest BCUT2D eigenvalue weighted by molar-refractivity contribution is -0.257. The second-order valence-electron chi connectivity index (χ2n) is 7.32. The van der Waals surface area contributed by atoms with E-state index in [1.165, 1.54) is 22.5 Å². The Morgan fingerprint density at radius 2 is 1.69 bits per heavy atom. The molecule has 1 aromatic carbocycles. The molecule has 3 aliphatic heterocycles. The number of halogens is 3. The Bertz CT molecular complexity index is 907. The Morgan fingerprint density at radius 1 is 1.03 bits per heavy atom. The Morgan fingerprint density at radius 3 is 2.31 bits per heavy atom. The number of carbonyl (C=O) groups excluding carboxylic acids is 1. The third-order valence-electron chi connectivity index (χ3n) is 5.33. The van der Waals surface area contributed by atoms with Crippen molar-refractivity contribution in [2.24, 2.45) is 0 Å². The number of anilines is 1. The highest BCUT2D eigenvalue weighted by atomic mass is 32.2. The Labute approximate surface area is 166 Å². The van der Waals surface area contributed by atoms with Crippen LogP contribution in [-0.2, 0) is 30.1 Å². The number of ether oxygens (including phenoxy) is 2. The number of hydrogen-bond donors (Lipinski definition) is 0. The third kappa shape index (κ3) is 3.54. The van der Waals surface area contributed by atoms with E-state index in [0.717, 1.165) is 19.3 Å². The maximum absolute atomic E-state index is 13.1. The van der Waals surface area contributed by atoms with E-state index in [4.69, 9.17) is 9.47 Å². The molecule has 11 heteroatoms. The second-order valence-corrected chi connectivity index (χ2v) is 9.26. The van der Waals surface area contributed by atoms with Gasteiger partial charge in [0.2, 0.25) is 10.0 Å². The molecule has 0 N–H and O–H groups in total. The molecule has 29 heavy (non-hydrogen) atoms. The summed E-state index contributed by atoms with van der Waals surface area (Å²) >= 11 is 0. The largest absolute Gasteiger partial charge is 0.406 e. The number of benzene rings is 1. The molecule has 2 fully saturated rings. The van der Waals surface area contributed by atoms with Crippen LogP contribution < -0.4 is 4.90 Å². The van der Waals surface area contributed by atoms with E-state index in [2.05, 4.69) is 0 Å². The monoisotopic (exact) mass is 434 g/mol. The molecule has 1 aromatic rings. The number of hydrogen-bond acceptors (Lipinski definition) is 5. The summed E-state index contributed by atoms with van der Waals surface area (Å²) in [4.78, 5) is 13.4. The zero-order valence-corrected chi connectivity index (χ0v) is 16.4. The van der Waals surface area contributed by atoms with Gasteiger partial charge < -0.3 is 9.47 Å². The number of amides is 1. The number of piperidine rings is 1. The van der Waals surface area contributed by atoms with Crippen molar-refractivity contribution in [2.75, 3.05) is 37.7 Å².